The molecule has 3 rings (SSSR count). The smallest absolute Gasteiger partial charge is 0.266 e. The van der Waals surface area contributed by atoms with E-state index < -0.39 is 11.5 Å². The predicted molar refractivity (Wildman–Crippen MR) is 90.4 cm³/mol. The highest BCUT2D eigenvalue weighted by Crippen LogP contribution is 2.45. The third-order valence-corrected chi connectivity index (χ3v) is 4.27. The molecule has 0 radical (unpaired) electrons. The van der Waals surface area contributed by atoms with E-state index in [0.717, 1.165) is 5.69 Å². The third kappa shape index (κ3) is 2.33. The quantitative estimate of drug-likeness (QED) is 0.907. The molecule has 0 saturated carbocycles. The summed E-state index contributed by atoms with van der Waals surface area (Å²) in [5.41, 5.74) is 0.408. The summed E-state index contributed by atoms with van der Waals surface area (Å²) in [5.74, 6) is -0.0904. The highest BCUT2D eigenvalue weighted by Gasteiger charge is 2.48. The van der Waals surface area contributed by atoms with Gasteiger partial charge in [-0.25, -0.2) is 0 Å². The molecule has 0 spiro atoms. The van der Waals surface area contributed by atoms with Crippen LogP contribution in [0.3, 0.4) is 0 Å². The number of hydrogen-bond donors (Lipinski definition) is 2. The fourth-order valence-corrected chi connectivity index (χ4v) is 2.96. The molecule has 1 amide bonds. The lowest BCUT2D eigenvalue weighted by molar-refractivity contribution is -0.129. The number of methoxy groups -OCH3 is 1. The van der Waals surface area contributed by atoms with Crippen molar-refractivity contribution in [3.05, 3.63) is 52.5 Å². The lowest BCUT2D eigenvalue weighted by Gasteiger charge is -2.25. The minimum Gasteiger partial charge on any atom is -0.496 e. The Bertz CT molecular complexity index is 791. The van der Waals surface area contributed by atoms with Crippen molar-refractivity contribution in [2.24, 2.45) is 0 Å². The molecule has 1 aliphatic rings. The summed E-state index contributed by atoms with van der Waals surface area (Å²) in [6.45, 7) is 0. The summed E-state index contributed by atoms with van der Waals surface area (Å²) >= 11 is 6.04. The number of benzene rings is 2. The van der Waals surface area contributed by atoms with Gasteiger partial charge in [-0.05, 0) is 30.3 Å². The molecule has 120 valence electrons. The normalized spacial score (nSPS) is 19.3. The molecule has 1 atom stereocenters. The Balaban J connectivity index is 2.22. The first kappa shape index (κ1) is 15.6. The van der Waals surface area contributed by atoms with Crippen molar-refractivity contribution in [1.82, 2.24) is 0 Å². The van der Waals surface area contributed by atoms with Crippen molar-refractivity contribution in [3.8, 4) is 5.75 Å². The third-order valence-electron chi connectivity index (χ3n) is 4.04. The Labute approximate surface area is 139 Å². The zero-order valence-corrected chi connectivity index (χ0v) is 13.8. The lowest BCUT2D eigenvalue weighted by Crippen LogP contribution is -2.35. The first-order valence-electron chi connectivity index (χ1n) is 7.07. The average molecular weight is 333 g/mol. The molecule has 0 bridgehead atoms. The van der Waals surface area contributed by atoms with E-state index in [2.05, 4.69) is 5.32 Å². The number of nitrogens with one attached hydrogen (secondary N) is 1. The van der Waals surface area contributed by atoms with Crippen molar-refractivity contribution >= 4 is 28.9 Å². The van der Waals surface area contributed by atoms with E-state index in [1.54, 1.807) is 30.3 Å². The Hall–Kier alpha value is -2.24. The largest absolute Gasteiger partial charge is 0.496 e. The number of halogens is 1. The van der Waals surface area contributed by atoms with Crippen molar-refractivity contribution in [2.75, 3.05) is 31.4 Å². The second-order valence-corrected chi connectivity index (χ2v) is 6.07. The van der Waals surface area contributed by atoms with Crippen LogP contribution in [-0.2, 0) is 10.4 Å². The minimum atomic E-state index is -1.84. The lowest BCUT2D eigenvalue weighted by atomic mass is 9.86. The predicted octanol–water partition coefficient (Wildman–Crippen LogP) is 2.60. The highest BCUT2D eigenvalue weighted by molar-refractivity contribution is 6.31. The number of hydrogen-bond acceptors (Lipinski definition) is 4. The van der Waals surface area contributed by atoms with Crippen LogP contribution >= 0.6 is 11.6 Å². The Morgan fingerprint density at radius 2 is 1.91 bits per heavy atom. The number of amides is 1. The molecule has 0 fully saturated rings. The van der Waals surface area contributed by atoms with Gasteiger partial charge in [-0.3, -0.25) is 4.79 Å². The molecule has 5 nitrogen and oxygen atoms in total. The van der Waals surface area contributed by atoms with E-state index in [1.807, 2.05) is 25.1 Å². The van der Waals surface area contributed by atoms with Gasteiger partial charge < -0.3 is 20.1 Å². The zero-order valence-electron chi connectivity index (χ0n) is 13.1. The number of nitrogens with zero attached hydrogens (tertiary/aromatic N) is 1. The number of rotatable bonds is 3. The maximum atomic E-state index is 12.5. The van der Waals surface area contributed by atoms with E-state index in [1.165, 1.54) is 7.11 Å². The first-order chi connectivity index (χ1) is 10.9. The van der Waals surface area contributed by atoms with Crippen molar-refractivity contribution in [3.63, 3.8) is 0 Å². The first-order valence-corrected chi connectivity index (χ1v) is 7.45. The number of ether oxygens (including phenoxy) is 1. The molecular weight excluding hydrogens is 316 g/mol. The summed E-state index contributed by atoms with van der Waals surface area (Å²) in [6, 6.07) is 10.2. The van der Waals surface area contributed by atoms with Crippen LogP contribution < -0.4 is 15.0 Å². The van der Waals surface area contributed by atoms with Gasteiger partial charge in [0.25, 0.3) is 5.91 Å². The molecule has 0 aliphatic carbocycles. The minimum absolute atomic E-state index is 0.379. The SMILES string of the molecule is COc1cc(N(C)C)ccc1C1(O)C(=O)Nc2ccc(Cl)cc21. The molecule has 1 heterocycles. The van der Waals surface area contributed by atoms with E-state index >= 15 is 0 Å². The molecule has 0 aromatic heterocycles. The van der Waals surface area contributed by atoms with Crippen LogP contribution in [-0.4, -0.2) is 32.2 Å². The van der Waals surface area contributed by atoms with Gasteiger partial charge in [-0.15, -0.1) is 0 Å². The molecule has 23 heavy (non-hydrogen) atoms. The molecule has 2 aromatic carbocycles. The van der Waals surface area contributed by atoms with E-state index in [0.29, 0.717) is 27.6 Å². The van der Waals surface area contributed by atoms with Crippen LogP contribution in [0.15, 0.2) is 36.4 Å². The number of aliphatic hydroxyl groups is 1. The summed E-state index contributed by atoms with van der Waals surface area (Å²) in [5, 5.41) is 14.3. The summed E-state index contributed by atoms with van der Waals surface area (Å²) < 4.78 is 5.41. The van der Waals surface area contributed by atoms with Crippen LogP contribution in [0, 0.1) is 0 Å². The van der Waals surface area contributed by atoms with Gasteiger partial charge in [-0.2, -0.15) is 0 Å². The van der Waals surface area contributed by atoms with Crippen molar-refractivity contribution in [1.29, 1.82) is 0 Å². The van der Waals surface area contributed by atoms with Crippen LogP contribution in [0.4, 0.5) is 11.4 Å². The van der Waals surface area contributed by atoms with E-state index in [-0.39, 0.29) is 0 Å². The Kier molecular flexibility index (Phi) is 3.70. The van der Waals surface area contributed by atoms with Gasteiger partial charge in [0, 0.05) is 47.7 Å². The van der Waals surface area contributed by atoms with E-state index in [9.17, 15) is 9.90 Å². The maximum absolute atomic E-state index is 12.5. The fourth-order valence-electron chi connectivity index (χ4n) is 2.78. The van der Waals surface area contributed by atoms with Gasteiger partial charge in [0.05, 0.1) is 7.11 Å². The molecule has 2 N–H and O–H groups in total. The number of fused-ring (bicyclic) bond motifs is 1. The van der Waals surface area contributed by atoms with Crippen molar-refractivity contribution in [2.45, 2.75) is 5.60 Å². The Morgan fingerprint density at radius 3 is 2.57 bits per heavy atom. The van der Waals surface area contributed by atoms with Crippen molar-refractivity contribution < 1.29 is 14.6 Å². The molecule has 0 saturated heterocycles. The van der Waals surface area contributed by atoms with Gasteiger partial charge in [-0.1, -0.05) is 11.6 Å². The fraction of sp³-hybridized carbons (Fsp3) is 0.235. The molecular formula is C17H17ClN2O3. The number of carbonyl (C=O) groups is 1. The number of anilines is 2. The highest BCUT2D eigenvalue weighted by atomic mass is 35.5. The van der Waals surface area contributed by atoms with Crippen LogP contribution in [0.25, 0.3) is 0 Å². The van der Waals surface area contributed by atoms with Crippen LogP contribution in [0.5, 0.6) is 5.75 Å². The van der Waals surface area contributed by atoms with Crippen LogP contribution in [0.1, 0.15) is 11.1 Å². The molecule has 2 aromatic rings. The second kappa shape index (κ2) is 5.44. The van der Waals surface area contributed by atoms with Gasteiger partial charge in [0.2, 0.25) is 0 Å². The average Bonchev–Trinajstić information content (AvgIpc) is 2.79. The molecule has 1 unspecified atom stereocenters. The second-order valence-electron chi connectivity index (χ2n) is 5.63. The molecule has 1 aliphatic heterocycles. The summed E-state index contributed by atoms with van der Waals surface area (Å²) in [7, 11) is 5.31. The standard InChI is InChI=1S/C17H17ClN2O3/c1-20(2)11-5-6-12(15(9-11)23-3)17(22)13-8-10(18)4-7-14(13)19-16(17)21/h4-9,22H,1-3H3,(H,19,21). The van der Waals surface area contributed by atoms with Crippen LogP contribution in [0.2, 0.25) is 5.02 Å². The summed E-state index contributed by atoms with van der Waals surface area (Å²) in [4.78, 5) is 14.4. The number of carbonyl (C=O) groups excluding carboxylic acids is 1. The molecule has 6 heteroatoms. The van der Waals surface area contributed by atoms with E-state index in [4.69, 9.17) is 16.3 Å². The van der Waals surface area contributed by atoms with Gasteiger partial charge in [0.15, 0.2) is 5.60 Å². The zero-order chi connectivity index (χ0) is 16.8. The van der Waals surface area contributed by atoms with Gasteiger partial charge in [0.1, 0.15) is 5.75 Å². The topological polar surface area (TPSA) is 61.8 Å². The van der Waals surface area contributed by atoms with Gasteiger partial charge >= 0.3 is 0 Å². The summed E-state index contributed by atoms with van der Waals surface area (Å²) in [6.07, 6.45) is 0. The maximum Gasteiger partial charge on any atom is 0.266 e. The monoisotopic (exact) mass is 332 g/mol. The Morgan fingerprint density at radius 1 is 1.17 bits per heavy atom.